The fourth-order valence-electron chi connectivity index (χ4n) is 3.76. The number of hydrogen-bond acceptors (Lipinski definition) is 2. The fraction of sp³-hybridized carbons (Fsp3) is 0.238. The van der Waals surface area contributed by atoms with Crippen LogP contribution in [0.4, 0.5) is 0 Å². The van der Waals surface area contributed by atoms with E-state index < -0.39 is 0 Å². The maximum absolute atomic E-state index is 5.63. The highest BCUT2D eigenvalue weighted by atomic mass is 32.1. The third kappa shape index (κ3) is 2.78. The second kappa shape index (κ2) is 6.92. The molecule has 0 unspecified atom stereocenters. The van der Waals surface area contributed by atoms with Crippen molar-refractivity contribution in [3.63, 3.8) is 0 Å². The molecule has 1 aromatic carbocycles. The highest BCUT2D eigenvalue weighted by Gasteiger charge is 2.40. The zero-order valence-electron chi connectivity index (χ0n) is 15.0. The average Bonchev–Trinajstić information content (AvgIpc) is 3.26. The van der Waals surface area contributed by atoms with Crippen LogP contribution < -0.4 is 5.32 Å². The van der Waals surface area contributed by atoms with E-state index in [9.17, 15) is 0 Å². The minimum absolute atomic E-state index is 0.0290. The molecule has 5 heteroatoms. The largest absolute Gasteiger partial charge is 0.352 e. The molecule has 0 amide bonds. The molecule has 1 aliphatic heterocycles. The summed E-state index contributed by atoms with van der Waals surface area (Å²) in [5, 5.41) is 4.27. The molecule has 0 spiro atoms. The van der Waals surface area contributed by atoms with Crippen LogP contribution in [-0.2, 0) is 0 Å². The maximum Gasteiger partial charge on any atom is 0.170 e. The van der Waals surface area contributed by atoms with Crippen LogP contribution in [0.2, 0.25) is 0 Å². The number of pyridine rings is 1. The Bertz CT molecular complexity index is 919. The number of nitrogens with zero attached hydrogens (tertiary/aromatic N) is 3. The first-order chi connectivity index (χ1) is 12.7. The van der Waals surface area contributed by atoms with Gasteiger partial charge in [-0.1, -0.05) is 24.3 Å². The molecular weight excluding hydrogens is 340 g/mol. The minimum atomic E-state index is 0.0290. The Morgan fingerprint density at radius 1 is 1.08 bits per heavy atom. The van der Waals surface area contributed by atoms with Crippen molar-refractivity contribution < 1.29 is 0 Å². The van der Waals surface area contributed by atoms with Crippen LogP contribution in [0, 0.1) is 6.92 Å². The summed E-state index contributed by atoms with van der Waals surface area (Å²) in [6.07, 6.45) is 3.97. The Hall–Kier alpha value is -2.66. The van der Waals surface area contributed by atoms with Crippen molar-refractivity contribution in [3.05, 3.63) is 83.9 Å². The van der Waals surface area contributed by atoms with Crippen molar-refractivity contribution in [1.29, 1.82) is 0 Å². The second-order valence-corrected chi connectivity index (χ2v) is 6.89. The smallest absolute Gasteiger partial charge is 0.170 e. The van der Waals surface area contributed by atoms with E-state index in [0.717, 1.165) is 17.4 Å². The number of aryl methyl sites for hydroxylation is 1. The summed E-state index contributed by atoms with van der Waals surface area (Å²) in [6.45, 7) is 5.13. The fourth-order valence-corrected chi connectivity index (χ4v) is 4.13. The lowest BCUT2D eigenvalue weighted by Crippen LogP contribution is -2.30. The quantitative estimate of drug-likeness (QED) is 0.706. The molecule has 3 heterocycles. The van der Waals surface area contributed by atoms with E-state index in [0.29, 0.717) is 0 Å². The number of rotatable bonds is 4. The van der Waals surface area contributed by atoms with Gasteiger partial charge < -0.3 is 14.8 Å². The van der Waals surface area contributed by atoms with Gasteiger partial charge in [0.05, 0.1) is 17.8 Å². The predicted octanol–water partition coefficient (Wildman–Crippen LogP) is 4.17. The maximum atomic E-state index is 5.63. The number of benzene rings is 1. The van der Waals surface area contributed by atoms with Crippen LogP contribution in [0.25, 0.3) is 5.69 Å². The number of para-hydroxylation sites is 1. The van der Waals surface area contributed by atoms with Gasteiger partial charge >= 0.3 is 0 Å². The Balaban J connectivity index is 1.83. The lowest BCUT2D eigenvalue weighted by molar-refractivity contribution is 0.321. The summed E-state index contributed by atoms with van der Waals surface area (Å²) in [6, 6.07) is 18.9. The van der Waals surface area contributed by atoms with E-state index in [1.165, 1.54) is 16.9 Å². The third-order valence-corrected chi connectivity index (χ3v) is 5.35. The van der Waals surface area contributed by atoms with Crippen molar-refractivity contribution in [2.45, 2.75) is 25.9 Å². The van der Waals surface area contributed by atoms with Crippen molar-refractivity contribution in [2.75, 3.05) is 6.54 Å². The molecular formula is C21H22N4S. The molecule has 2 atom stereocenters. The van der Waals surface area contributed by atoms with Crippen LogP contribution >= 0.6 is 12.2 Å². The third-order valence-electron chi connectivity index (χ3n) is 5.00. The zero-order chi connectivity index (χ0) is 18.1. The number of aromatic nitrogens is 2. The first kappa shape index (κ1) is 16.8. The summed E-state index contributed by atoms with van der Waals surface area (Å²) in [4.78, 5) is 6.83. The highest BCUT2D eigenvalue weighted by molar-refractivity contribution is 7.80. The average molecular weight is 363 g/mol. The first-order valence-electron chi connectivity index (χ1n) is 8.92. The van der Waals surface area contributed by atoms with Gasteiger partial charge in [0.1, 0.15) is 0 Å². The molecule has 0 bridgehead atoms. The van der Waals surface area contributed by atoms with E-state index >= 15 is 0 Å². The number of hydrogen-bond donors (Lipinski definition) is 1. The van der Waals surface area contributed by atoms with E-state index in [4.69, 9.17) is 12.2 Å². The molecule has 0 saturated carbocycles. The molecule has 26 heavy (non-hydrogen) atoms. The van der Waals surface area contributed by atoms with Gasteiger partial charge in [0.25, 0.3) is 0 Å². The second-order valence-electron chi connectivity index (χ2n) is 6.50. The van der Waals surface area contributed by atoms with Gasteiger partial charge in [-0.2, -0.15) is 0 Å². The van der Waals surface area contributed by atoms with E-state index in [1.807, 2.05) is 18.3 Å². The van der Waals surface area contributed by atoms with Crippen LogP contribution in [0.1, 0.15) is 36.0 Å². The number of thiocarbonyl (C=S) groups is 1. The van der Waals surface area contributed by atoms with Gasteiger partial charge in [-0.05, 0) is 62.0 Å². The Morgan fingerprint density at radius 3 is 2.62 bits per heavy atom. The molecule has 1 aliphatic rings. The molecule has 1 fully saturated rings. The van der Waals surface area contributed by atoms with Crippen LogP contribution in [0.15, 0.2) is 67.0 Å². The summed E-state index contributed by atoms with van der Waals surface area (Å²) < 4.78 is 2.27. The Kier molecular flexibility index (Phi) is 4.47. The van der Waals surface area contributed by atoms with Crippen molar-refractivity contribution in [1.82, 2.24) is 19.8 Å². The molecule has 0 radical (unpaired) electrons. The van der Waals surface area contributed by atoms with Gasteiger partial charge in [0.15, 0.2) is 5.11 Å². The molecule has 3 aromatic rings. The molecule has 132 valence electrons. The number of nitrogens with one attached hydrogen (secondary N) is 1. The number of likely N-dealkylation sites (N-methyl/N-ethyl adjacent to an activating group) is 1. The zero-order valence-corrected chi connectivity index (χ0v) is 15.8. The van der Waals surface area contributed by atoms with Gasteiger partial charge in [0, 0.05) is 30.3 Å². The SMILES string of the molecule is CCN1C(=S)N[C@@H](c2ccccn2)[C@@H]1c1cccn1-c1ccccc1C. The monoisotopic (exact) mass is 362 g/mol. The van der Waals surface area contributed by atoms with E-state index in [2.05, 4.69) is 82.3 Å². The first-order valence-corrected chi connectivity index (χ1v) is 9.33. The van der Waals surface area contributed by atoms with Gasteiger partial charge in [-0.15, -0.1) is 0 Å². The lowest BCUT2D eigenvalue weighted by Gasteiger charge is -2.28. The van der Waals surface area contributed by atoms with Gasteiger partial charge in [-0.3, -0.25) is 4.98 Å². The molecule has 4 rings (SSSR count). The lowest BCUT2D eigenvalue weighted by atomic mass is 10.0. The predicted molar refractivity (Wildman–Crippen MR) is 108 cm³/mol. The molecule has 4 nitrogen and oxygen atoms in total. The molecule has 1 saturated heterocycles. The van der Waals surface area contributed by atoms with Crippen molar-refractivity contribution in [2.24, 2.45) is 0 Å². The topological polar surface area (TPSA) is 33.1 Å². The van der Waals surface area contributed by atoms with Gasteiger partial charge in [-0.25, -0.2) is 0 Å². The van der Waals surface area contributed by atoms with Crippen molar-refractivity contribution >= 4 is 17.3 Å². The van der Waals surface area contributed by atoms with Crippen LogP contribution in [0.3, 0.4) is 0 Å². The Morgan fingerprint density at radius 2 is 1.88 bits per heavy atom. The summed E-state index contributed by atoms with van der Waals surface area (Å²) in [7, 11) is 0. The van der Waals surface area contributed by atoms with Crippen molar-refractivity contribution in [3.8, 4) is 5.69 Å². The molecule has 2 aromatic heterocycles. The van der Waals surface area contributed by atoms with Gasteiger partial charge in [0.2, 0.25) is 0 Å². The summed E-state index contributed by atoms with van der Waals surface area (Å²) >= 11 is 5.63. The minimum Gasteiger partial charge on any atom is -0.352 e. The highest BCUT2D eigenvalue weighted by Crippen LogP contribution is 2.39. The van der Waals surface area contributed by atoms with Crippen LogP contribution in [0.5, 0.6) is 0 Å². The molecule has 1 N–H and O–H groups in total. The standard InChI is InChI=1S/C21H22N4S/c1-3-24-20(19(23-21(24)26)16-10-6-7-13-22-16)18-12-8-14-25(18)17-11-5-4-9-15(17)2/h4-14,19-20H,3H2,1-2H3,(H,23,26)/t19-,20-/m0/s1. The van der Waals surface area contributed by atoms with Crippen LogP contribution in [-0.4, -0.2) is 26.1 Å². The normalized spacial score (nSPS) is 19.6. The molecule has 0 aliphatic carbocycles. The Labute approximate surface area is 159 Å². The summed E-state index contributed by atoms with van der Waals surface area (Å²) in [5.74, 6) is 0. The van der Waals surface area contributed by atoms with E-state index in [1.54, 1.807) is 0 Å². The summed E-state index contributed by atoms with van der Waals surface area (Å²) in [5.41, 5.74) is 4.66. The van der Waals surface area contributed by atoms with E-state index in [-0.39, 0.29) is 12.1 Å².